The number of esters is 2. The van der Waals surface area contributed by atoms with Crippen LogP contribution < -0.4 is 0 Å². The van der Waals surface area contributed by atoms with Crippen LogP contribution in [-0.4, -0.2) is 55.3 Å². The molecule has 0 spiro atoms. The van der Waals surface area contributed by atoms with Gasteiger partial charge in [0.05, 0.1) is 44.1 Å². The van der Waals surface area contributed by atoms with Gasteiger partial charge in [0, 0.05) is 5.92 Å². The summed E-state index contributed by atoms with van der Waals surface area (Å²) in [5.41, 5.74) is 1.78. The average Bonchev–Trinajstić information content (AvgIpc) is 3.07. The molecule has 0 amide bonds. The maximum Gasteiger partial charge on any atom is 0.335 e. The number of rotatable bonds is 15. The number of aliphatic hydroxyl groups is 2. The summed E-state index contributed by atoms with van der Waals surface area (Å²) in [5.74, 6) is 0.720. The van der Waals surface area contributed by atoms with Gasteiger partial charge in [-0.1, -0.05) is 55.8 Å². The van der Waals surface area contributed by atoms with Crippen molar-refractivity contribution >= 4 is 22.7 Å². The molecule has 0 heterocycles. The van der Waals surface area contributed by atoms with Crippen LogP contribution in [0.5, 0.6) is 0 Å². The Kier molecular flexibility index (Phi) is 13.0. The van der Waals surface area contributed by atoms with Crippen LogP contribution in [0.4, 0.5) is 4.39 Å². The minimum absolute atomic E-state index is 0.00627. The Morgan fingerprint density at radius 2 is 1.42 bits per heavy atom. The van der Waals surface area contributed by atoms with Gasteiger partial charge in [0.25, 0.3) is 0 Å². The van der Waals surface area contributed by atoms with E-state index in [1.165, 1.54) is 54.0 Å². The summed E-state index contributed by atoms with van der Waals surface area (Å²) in [6.45, 7) is 6.03. The van der Waals surface area contributed by atoms with E-state index >= 15 is 0 Å². The minimum Gasteiger partial charge on any atom is -0.465 e. The highest BCUT2D eigenvalue weighted by Crippen LogP contribution is 2.41. The van der Waals surface area contributed by atoms with Crippen molar-refractivity contribution < 1.29 is 33.7 Å². The number of halogens is 1. The van der Waals surface area contributed by atoms with E-state index in [4.69, 9.17) is 9.47 Å². The second kappa shape index (κ2) is 16.7. The zero-order valence-corrected chi connectivity index (χ0v) is 27.3. The quantitative estimate of drug-likeness (QED) is 0.119. The molecule has 2 aliphatic rings. The van der Waals surface area contributed by atoms with Crippen molar-refractivity contribution in [2.24, 2.45) is 23.2 Å². The summed E-state index contributed by atoms with van der Waals surface area (Å²) in [4.78, 5) is 24.7. The highest BCUT2D eigenvalue weighted by atomic mass is 19.1. The Labute approximate surface area is 268 Å². The van der Waals surface area contributed by atoms with Crippen LogP contribution in [0.25, 0.3) is 10.8 Å². The number of carbonyl (C=O) groups is 2. The maximum absolute atomic E-state index is 12.5. The maximum atomic E-state index is 12.5. The molecule has 45 heavy (non-hydrogen) atoms. The zero-order chi connectivity index (χ0) is 32.4. The van der Waals surface area contributed by atoms with Gasteiger partial charge in [-0.05, 0) is 117 Å². The van der Waals surface area contributed by atoms with E-state index in [9.17, 15) is 24.2 Å². The van der Waals surface area contributed by atoms with Crippen LogP contribution in [0.1, 0.15) is 107 Å². The third-order valence-corrected chi connectivity index (χ3v) is 10.4. The van der Waals surface area contributed by atoms with Crippen LogP contribution >= 0.6 is 0 Å². The topological polar surface area (TPSA) is 93.1 Å². The monoisotopic (exact) mass is 624 g/mol. The molecule has 0 bridgehead atoms. The van der Waals surface area contributed by atoms with Crippen LogP contribution in [0, 0.1) is 23.2 Å². The lowest BCUT2D eigenvalue weighted by Crippen LogP contribution is -2.35. The second-order valence-electron chi connectivity index (χ2n) is 14.1. The lowest BCUT2D eigenvalue weighted by Gasteiger charge is -2.34. The van der Waals surface area contributed by atoms with Crippen molar-refractivity contribution in [3.05, 3.63) is 59.7 Å². The van der Waals surface area contributed by atoms with Crippen molar-refractivity contribution in [3.8, 4) is 0 Å². The fraction of sp³-hybridized carbons (Fsp3) is 0.632. The Balaban J connectivity index is 1.34. The van der Waals surface area contributed by atoms with Crippen LogP contribution in [0.3, 0.4) is 0 Å². The molecule has 4 rings (SSSR count). The summed E-state index contributed by atoms with van der Waals surface area (Å²) in [7, 11) is 0. The molecule has 1 atom stereocenters. The number of alkyl halides is 1. The molecule has 2 saturated carbocycles. The van der Waals surface area contributed by atoms with E-state index < -0.39 is 24.0 Å². The molecule has 2 fully saturated rings. The van der Waals surface area contributed by atoms with Crippen molar-refractivity contribution in [2.75, 3.05) is 33.1 Å². The summed E-state index contributed by atoms with van der Waals surface area (Å²) < 4.78 is 23.5. The zero-order valence-electron chi connectivity index (χ0n) is 27.3. The summed E-state index contributed by atoms with van der Waals surface area (Å²) in [6.07, 6.45) is 11.7. The Morgan fingerprint density at radius 1 is 0.867 bits per heavy atom. The molecule has 248 valence electrons. The number of carbonyl (C=O) groups excluding carboxylic acids is 2. The van der Waals surface area contributed by atoms with E-state index in [-0.39, 0.29) is 43.9 Å². The fourth-order valence-corrected chi connectivity index (χ4v) is 7.14. The van der Waals surface area contributed by atoms with E-state index in [0.717, 1.165) is 38.0 Å². The molecule has 2 aromatic rings. The van der Waals surface area contributed by atoms with E-state index in [1.807, 2.05) is 0 Å². The lowest BCUT2D eigenvalue weighted by atomic mass is 9.74. The summed E-state index contributed by atoms with van der Waals surface area (Å²) >= 11 is 0. The van der Waals surface area contributed by atoms with E-state index in [2.05, 4.69) is 43.0 Å². The molecule has 0 saturated heterocycles. The number of ether oxygens (including phenoxy) is 2. The number of unbranched alkanes of at least 4 members (excludes halogenated alkanes) is 1. The first-order valence-electron chi connectivity index (χ1n) is 17.0. The van der Waals surface area contributed by atoms with Gasteiger partial charge >= 0.3 is 11.9 Å². The van der Waals surface area contributed by atoms with Gasteiger partial charge in [-0.25, -0.2) is 4.79 Å². The number of aliphatic hydroxyl groups excluding tert-OH is 2. The number of hydrogen-bond donors (Lipinski definition) is 2. The predicted molar refractivity (Wildman–Crippen MR) is 176 cm³/mol. The van der Waals surface area contributed by atoms with Gasteiger partial charge in [0.2, 0.25) is 0 Å². The van der Waals surface area contributed by atoms with E-state index in [1.54, 1.807) is 13.8 Å². The van der Waals surface area contributed by atoms with Crippen molar-refractivity contribution in [1.29, 1.82) is 0 Å². The molecule has 7 heteroatoms. The van der Waals surface area contributed by atoms with Crippen LogP contribution in [-0.2, 0) is 19.1 Å². The molecule has 0 aromatic heterocycles. The highest BCUT2D eigenvalue weighted by molar-refractivity contribution is 5.88. The highest BCUT2D eigenvalue weighted by Gasteiger charge is 2.33. The van der Waals surface area contributed by atoms with Crippen LogP contribution in [0.15, 0.2) is 48.6 Å². The van der Waals surface area contributed by atoms with Gasteiger partial charge in [-0.15, -0.1) is 0 Å². The van der Waals surface area contributed by atoms with E-state index in [0.29, 0.717) is 18.3 Å². The lowest BCUT2D eigenvalue weighted by molar-refractivity contribution is -0.159. The average molecular weight is 625 g/mol. The van der Waals surface area contributed by atoms with Crippen LogP contribution in [0.2, 0.25) is 0 Å². The first kappa shape index (κ1) is 35.1. The van der Waals surface area contributed by atoms with Gasteiger partial charge < -0.3 is 19.7 Å². The van der Waals surface area contributed by atoms with Gasteiger partial charge in [0.1, 0.15) is 0 Å². The third kappa shape index (κ3) is 9.62. The number of hydrogen-bond acceptors (Lipinski definition) is 6. The standard InChI is InChI=1S/C38H53FO6/c1-26(22-40)36(42)44-23-35(24-45-37(43)38(2,3)25-41)30-13-11-29(12-14-30)32-16-18-33-20-31(15-17-34(33)21-32)28-9-7-27(8-10-28)6-4-5-19-39/h15-18,20-21,27-30,35,40-41H,1,4-14,19,22-25H2,2-3H3. The van der Waals surface area contributed by atoms with Gasteiger partial charge in [-0.3, -0.25) is 9.18 Å². The molecular weight excluding hydrogens is 571 g/mol. The SMILES string of the molecule is C=C(CO)C(=O)OCC(COC(=O)C(C)(C)CO)C1CCC(c2ccc3cc(C4CCC(CCCCF)CC4)ccc3c2)CC1. The second-order valence-corrected chi connectivity index (χ2v) is 14.1. The molecule has 0 aliphatic heterocycles. The summed E-state index contributed by atoms with van der Waals surface area (Å²) in [6, 6.07) is 13.8. The molecule has 2 aliphatic carbocycles. The predicted octanol–water partition coefficient (Wildman–Crippen LogP) is 7.80. The summed E-state index contributed by atoms with van der Waals surface area (Å²) in [5, 5.41) is 21.3. The Morgan fingerprint density at radius 3 is 1.96 bits per heavy atom. The number of fused-ring (bicyclic) bond motifs is 1. The fourth-order valence-electron chi connectivity index (χ4n) is 7.14. The Hall–Kier alpha value is -2.77. The van der Waals surface area contributed by atoms with Crippen molar-refractivity contribution in [1.82, 2.24) is 0 Å². The van der Waals surface area contributed by atoms with Crippen molar-refractivity contribution in [2.45, 2.75) is 96.3 Å². The van der Waals surface area contributed by atoms with Gasteiger partial charge in [0.15, 0.2) is 0 Å². The largest absolute Gasteiger partial charge is 0.465 e. The molecule has 2 aromatic carbocycles. The molecule has 2 N–H and O–H groups in total. The first-order valence-corrected chi connectivity index (χ1v) is 17.0. The smallest absolute Gasteiger partial charge is 0.335 e. The number of benzene rings is 2. The molecule has 0 radical (unpaired) electrons. The van der Waals surface area contributed by atoms with Gasteiger partial charge in [-0.2, -0.15) is 0 Å². The molecular formula is C38H53FO6. The first-order chi connectivity index (χ1) is 21.6. The Bertz CT molecular complexity index is 1270. The molecule has 1 unspecified atom stereocenters. The molecule has 6 nitrogen and oxygen atoms in total. The third-order valence-electron chi connectivity index (χ3n) is 10.4. The normalized spacial score (nSPS) is 23.0. The minimum atomic E-state index is -1.00. The van der Waals surface area contributed by atoms with Crippen molar-refractivity contribution in [3.63, 3.8) is 0 Å².